The molecule has 0 unspecified atom stereocenters. The second-order valence-corrected chi connectivity index (χ2v) is 5.63. The van der Waals surface area contributed by atoms with Crippen molar-refractivity contribution in [1.29, 1.82) is 0 Å². The van der Waals surface area contributed by atoms with Crippen molar-refractivity contribution in [3.63, 3.8) is 0 Å². The van der Waals surface area contributed by atoms with E-state index in [9.17, 15) is 5.11 Å². The molecule has 0 saturated carbocycles. The van der Waals surface area contributed by atoms with Crippen molar-refractivity contribution in [3.8, 4) is 0 Å². The summed E-state index contributed by atoms with van der Waals surface area (Å²) in [6, 6.07) is 0. The van der Waals surface area contributed by atoms with Gasteiger partial charge >= 0.3 is 0 Å². The fraction of sp³-hybridized carbons (Fsp3) is 0.800. The summed E-state index contributed by atoms with van der Waals surface area (Å²) in [6.45, 7) is 7.92. The van der Waals surface area contributed by atoms with E-state index < -0.39 is 5.60 Å². The number of halogens is 1. The molecule has 0 spiro atoms. The second-order valence-electron chi connectivity index (χ2n) is 5.63. The summed E-state index contributed by atoms with van der Waals surface area (Å²) in [6.07, 6.45) is 5.16. The molecule has 0 fully saturated rings. The highest BCUT2D eigenvalue weighted by atomic mass is 127. The van der Waals surface area contributed by atoms with Crippen molar-refractivity contribution >= 4 is 29.9 Å². The fourth-order valence-electron chi connectivity index (χ4n) is 2.42. The van der Waals surface area contributed by atoms with Crippen molar-refractivity contribution in [3.05, 3.63) is 12.2 Å². The van der Waals surface area contributed by atoms with Gasteiger partial charge in [0.2, 0.25) is 0 Å². The van der Waals surface area contributed by atoms with Crippen molar-refractivity contribution < 1.29 is 5.11 Å². The van der Waals surface area contributed by atoms with E-state index in [2.05, 4.69) is 39.7 Å². The molecule has 1 rings (SSSR count). The SMILES string of the molecule is CCCC(O)(CCC)CNC(=NCc1nncn1C)NCC.I. The van der Waals surface area contributed by atoms with Gasteiger partial charge in [0.05, 0.1) is 5.60 Å². The molecular formula is C15H31IN6O. The van der Waals surface area contributed by atoms with E-state index >= 15 is 0 Å². The Kier molecular flexibility index (Phi) is 11.2. The molecule has 23 heavy (non-hydrogen) atoms. The zero-order valence-electron chi connectivity index (χ0n) is 14.7. The van der Waals surface area contributed by atoms with Crippen LogP contribution in [0.2, 0.25) is 0 Å². The highest BCUT2D eigenvalue weighted by Crippen LogP contribution is 2.18. The van der Waals surface area contributed by atoms with Crippen LogP contribution in [0.3, 0.4) is 0 Å². The zero-order valence-corrected chi connectivity index (χ0v) is 17.0. The van der Waals surface area contributed by atoms with Gasteiger partial charge in [0.25, 0.3) is 0 Å². The third kappa shape index (κ3) is 7.96. The topological polar surface area (TPSA) is 87.4 Å². The molecule has 0 atom stereocenters. The van der Waals surface area contributed by atoms with Crippen molar-refractivity contribution in [2.45, 2.75) is 58.6 Å². The normalized spacial score (nSPS) is 12.0. The summed E-state index contributed by atoms with van der Waals surface area (Å²) < 4.78 is 1.84. The van der Waals surface area contributed by atoms with Crippen LogP contribution in [0.25, 0.3) is 0 Å². The van der Waals surface area contributed by atoms with Crippen LogP contribution < -0.4 is 10.6 Å². The maximum absolute atomic E-state index is 10.7. The van der Waals surface area contributed by atoms with Gasteiger partial charge < -0.3 is 20.3 Å². The Balaban J connectivity index is 0.00000484. The molecule has 1 heterocycles. The maximum atomic E-state index is 10.7. The Labute approximate surface area is 156 Å². The number of rotatable bonds is 9. The number of aromatic nitrogens is 3. The number of aryl methyl sites for hydroxylation is 1. The minimum atomic E-state index is -0.676. The van der Waals surface area contributed by atoms with Gasteiger partial charge in [-0.25, -0.2) is 4.99 Å². The largest absolute Gasteiger partial charge is 0.388 e. The Morgan fingerprint density at radius 1 is 1.26 bits per heavy atom. The predicted molar refractivity (Wildman–Crippen MR) is 104 cm³/mol. The Morgan fingerprint density at radius 3 is 2.39 bits per heavy atom. The molecular weight excluding hydrogens is 407 g/mol. The molecule has 0 saturated heterocycles. The van der Waals surface area contributed by atoms with Crippen LogP contribution in [0, 0.1) is 0 Å². The molecule has 0 amide bonds. The molecule has 3 N–H and O–H groups in total. The molecule has 0 bridgehead atoms. The first-order chi connectivity index (χ1) is 10.5. The van der Waals surface area contributed by atoms with Crippen LogP contribution >= 0.6 is 24.0 Å². The highest BCUT2D eigenvalue weighted by molar-refractivity contribution is 14.0. The minimum absolute atomic E-state index is 0. The van der Waals surface area contributed by atoms with Gasteiger partial charge in [0, 0.05) is 20.1 Å². The molecule has 1 aromatic heterocycles. The monoisotopic (exact) mass is 438 g/mol. The van der Waals surface area contributed by atoms with E-state index in [1.165, 1.54) is 0 Å². The Hall–Kier alpha value is -0.900. The fourth-order valence-corrected chi connectivity index (χ4v) is 2.42. The van der Waals surface area contributed by atoms with Gasteiger partial charge in [0.15, 0.2) is 11.8 Å². The average molecular weight is 438 g/mol. The van der Waals surface area contributed by atoms with Crippen LogP contribution in [0.5, 0.6) is 0 Å². The Morgan fingerprint density at radius 2 is 1.91 bits per heavy atom. The molecule has 7 nitrogen and oxygen atoms in total. The van der Waals surface area contributed by atoms with Gasteiger partial charge in [-0.15, -0.1) is 34.2 Å². The number of hydrogen-bond acceptors (Lipinski definition) is 4. The predicted octanol–water partition coefficient (Wildman–Crippen LogP) is 1.82. The van der Waals surface area contributed by atoms with E-state index in [-0.39, 0.29) is 24.0 Å². The van der Waals surface area contributed by atoms with Gasteiger partial charge in [-0.2, -0.15) is 0 Å². The number of aliphatic imine (C=N–C) groups is 1. The smallest absolute Gasteiger partial charge is 0.191 e. The summed E-state index contributed by atoms with van der Waals surface area (Å²) in [4.78, 5) is 4.50. The summed E-state index contributed by atoms with van der Waals surface area (Å²) in [5.74, 6) is 1.49. The van der Waals surface area contributed by atoms with Gasteiger partial charge in [-0.3, -0.25) is 0 Å². The van der Waals surface area contributed by atoms with Crippen LogP contribution in [0.15, 0.2) is 11.3 Å². The summed E-state index contributed by atoms with van der Waals surface area (Å²) in [7, 11) is 1.90. The van der Waals surface area contributed by atoms with Crippen LogP contribution in [0.1, 0.15) is 52.3 Å². The molecule has 0 aromatic carbocycles. The van der Waals surface area contributed by atoms with Gasteiger partial charge in [0.1, 0.15) is 12.9 Å². The molecule has 0 aliphatic carbocycles. The maximum Gasteiger partial charge on any atom is 0.191 e. The molecule has 8 heteroatoms. The third-order valence-electron chi connectivity index (χ3n) is 3.54. The molecule has 1 aromatic rings. The third-order valence-corrected chi connectivity index (χ3v) is 3.54. The number of aliphatic hydroxyl groups is 1. The highest BCUT2D eigenvalue weighted by Gasteiger charge is 2.24. The van der Waals surface area contributed by atoms with E-state index in [1.54, 1.807) is 6.33 Å². The van der Waals surface area contributed by atoms with Crippen molar-refractivity contribution in [2.24, 2.45) is 12.0 Å². The van der Waals surface area contributed by atoms with Crippen molar-refractivity contribution in [1.82, 2.24) is 25.4 Å². The quantitative estimate of drug-likeness (QED) is 0.311. The molecule has 134 valence electrons. The zero-order chi connectivity index (χ0) is 16.4. The summed E-state index contributed by atoms with van der Waals surface area (Å²) in [5.41, 5.74) is -0.676. The van der Waals surface area contributed by atoms with Crippen molar-refractivity contribution in [2.75, 3.05) is 13.1 Å². The van der Waals surface area contributed by atoms with Gasteiger partial charge in [-0.1, -0.05) is 26.7 Å². The van der Waals surface area contributed by atoms with E-state index in [0.29, 0.717) is 19.0 Å². The van der Waals surface area contributed by atoms with Crippen LogP contribution in [0.4, 0.5) is 0 Å². The van der Waals surface area contributed by atoms with E-state index in [1.807, 2.05) is 18.5 Å². The number of guanidine groups is 1. The van der Waals surface area contributed by atoms with E-state index in [4.69, 9.17) is 0 Å². The second kappa shape index (κ2) is 11.6. The van der Waals surface area contributed by atoms with E-state index in [0.717, 1.165) is 38.1 Å². The Bertz CT molecular complexity index is 457. The first-order valence-electron chi connectivity index (χ1n) is 8.12. The first kappa shape index (κ1) is 22.1. The lowest BCUT2D eigenvalue weighted by Gasteiger charge is -2.28. The lowest BCUT2D eigenvalue weighted by Crippen LogP contribution is -2.47. The minimum Gasteiger partial charge on any atom is -0.388 e. The summed E-state index contributed by atoms with van der Waals surface area (Å²) >= 11 is 0. The molecule has 0 aliphatic rings. The number of nitrogens with one attached hydrogen (secondary N) is 2. The number of nitrogens with zero attached hydrogens (tertiary/aromatic N) is 4. The first-order valence-corrected chi connectivity index (χ1v) is 8.12. The average Bonchev–Trinajstić information content (AvgIpc) is 2.88. The molecule has 0 radical (unpaired) electrons. The number of hydrogen-bond donors (Lipinski definition) is 3. The lowest BCUT2D eigenvalue weighted by atomic mass is 9.93. The summed E-state index contributed by atoms with van der Waals surface area (Å²) in [5, 5.41) is 24.9. The van der Waals surface area contributed by atoms with Gasteiger partial charge in [-0.05, 0) is 19.8 Å². The lowest BCUT2D eigenvalue weighted by molar-refractivity contribution is 0.0257. The molecule has 0 aliphatic heterocycles. The standard InChI is InChI=1S/C15H30N6O.HI/c1-5-8-15(22,9-6-2)11-18-14(16-7-3)17-10-13-20-19-12-21(13)4;/h12,22H,5-11H2,1-4H3,(H2,16,17,18);1H. The van der Waals surface area contributed by atoms with Crippen LogP contribution in [-0.2, 0) is 13.6 Å². The van der Waals surface area contributed by atoms with Crippen LogP contribution in [-0.4, -0.2) is 44.5 Å².